The largest absolute Gasteiger partial charge is 0.507 e. The van der Waals surface area contributed by atoms with Crippen LogP contribution in [0.15, 0.2) is 23.2 Å². The third-order valence-corrected chi connectivity index (χ3v) is 5.79. The first-order chi connectivity index (χ1) is 13.1. The van der Waals surface area contributed by atoms with E-state index in [2.05, 4.69) is 15.7 Å². The van der Waals surface area contributed by atoms with Gasteiger partial charge in [0, 0.05) is 31.3 Å². The summed E-state index contributed by atoms with van der Waals surface area (Å²) < 4.78 is 13.5. The lowest BCUT2D eigenvalue weighted by Crippen LogP contribution is -2.43. The lowest BCUT2D eigenvalue weighted by atomic mass is 10.1. The number of anilines is 1. The lowest BCUT2D eigenvalue weighted by molar-refractivity contribution is 0.452. The summed E-state index contributed by atoms with van der Waals surface area (Å²) in [6, 6.07) is 3.86. The molecule has 4 rings (SSSR count). The predicted molar refractivity (Wildman–Crippen MR) is 125 cm³/mol. The first kappa shape index (κ1) is 26.7. The number of aromatic hydroxyl groups is 2. The Morgan fingerprint density at radius 3 is 2.63 bits per heavy atom. The monoisotopic (exact) mass is 499 g/mol. The first-order valence-corrected chi connectivity index (χ1v) is 9.92. The molecule has 0 bridgehead atoms. The number of halogens is 4. The second-order valence-corrected chi connectivity index (χ2v) is 7.68. The number of rotatable bonds is 4. The van der Waals surface area contributed by atoms with Gasteiger partial charge in [0.15, 0.2) is 0 Å². The van der Waals surface area contributed by atoms with Crippen molar-refractivity contribution in [2.45, 2.75) is 25.3 Å². The third kappa shape index (κ3) is 5.87. The van der Waals surface area contributed by atoms with Crippen molar-refractivity contribution >= 4 is 59.4 Å². The Bertz CT molecular complexity index is 858. The molecule has 7 nitrogen and oxygen atoms in total. The van der Waals surface area contributed by atoms with Crippen molar-refractivity contribution in [3.63, 3.8) is 0 Å². The summed E-state index contributed by atoms with van der Waals surface area (Å²) in [5.74, 6) is -0.856. The molecule has 3 heterocycles. The molecule has 0 spiro atoms. The maximum absolute atomic E-state index is 13.5. The molecule has 0 unspecified atom stereocenters. The maximum Gasteiger partial charge on any atom is 0.233 e. The van der Waals surface area contributed by atoms with Crippen LogP contribution in [0.5, 0.6) is 11.6 Å². The summed E-state index contributed by atoms with van der Waals surface area (Å²) >= 11 is 1.31. The van der Waals surface area contributed by atoms with E-state index < -0.39 is 5.82 Å². The van der Waals surface area contributed by atoms with E-state index in [1.54, 1.807) is 0 Å². The number of benzene rings is 1. The van der Waals surface area contributed by atoms with Crippen LogP contribution in [-0.4, -0.2) is 53.1 Å². The van der Waals surface area contributed by atoms with Crippen LogP contribution in [0, 0.1) is 5.82 Å². The Kier molecular flexibility index (Phi) is 10.6. The molecule has 1 aromatic carbocycles. The van der Waals surface area contributed by atoms with Gasteiger partial charge in [-0.1, -0.05) is 11.3 Å². The molecule has 2 fully saturated rings. The molecule has 0 amide bonds. The number of nitrogens with one attached hydrogen (secondary N) is 2. The molecule has 2 aromatic rings. The van der Waals surface area contributed by atoms with Crippen LogP contribution >= 0.6 is 48.6 Å². The molecule has 0 radical (unpaired) electrons. The van der Waals surface area contributed by atoms with Crippen LogP contribution < -0.4 is 15.8 Å². The Morgan fingerprint density at radius 1 is 1.20 bits per heavy atom. The zero-order chi connectivity index (χ0) is 18.8. The molecule has 2 aliphatic rings. The third-order valence-electron chi connectivity index (χ3n) is 4.72. The van der Waals surface area contributed by atoms with E-state index in [4.69, 9.17) is 4.99 Å². The van der Waals surface area contributed by atoms with Gasteiger partial charge in [0.2, 0.25) is 11.0 Å². The summed E-state index contributed by atoms with van der Waals surface area (Å²) in [4.78, 5) is 9.53. The van der Waals surface area contributed by atoms with Gasteiger partial charge in [0.25, 0.3) is 0 Å². The number of aliphatic imine (C=N–C) groups is 1. The smallest absolute Gasteiger partial charge is 0.233 e. The van der Waals surface area contributed by atoms with Gasteiger partial charge in [-0.2, -0.15) is 4.98 Å². The second kappa shape index (κ2) is 11.9. The Labute approximate surface area is 197 Å². The first-order valence-electron chi connectivity index (χ1n) is 9.10. The fourth-order valence-corrected chi connectivity index (χ4v) is 4.29. The Hall–Kier alpha value is -1.36. The van der Waals surface area contributed by atoms with Crippen LogP contribution in [-0.2, 0) is 0 Å². The zero-order valence-corrected chi connectivity index (χ0v) is 19.3. The molecule has 1 atom stereocenters. The van der Waals surface area contributed by atoms with Crippen molar-refractivity contribution in [3.8, 4) is 11.6 Å². The summed E-state index contributed by atoms with van der Waals surface area (Å²) in [5.41, 5.74) is 4.10. The van der Waals surface area contributed by atoms with Crippen molar-refractivity contribution in [1.29, 1.82) is 0 Å². The van der Waals surface area contributed by atoms with Crippen molar-refractivity contribution in [2.75, 3.05) is 31.2 Å². The molecular weight excluding hydrogens is 476 g/mol. The number of phenolic OH excluding ortho intramolecular Hbond substituents is 1. The van der Waals surface area contributed by atoms with Gasteiger partial charge in [-0.15, -0.1) is 37.2 Å². The molecule has 168 valence electrons. The minimum absolute atomic E-state index is 0. The average molecular weight is 501 g/mol. The van der Waals surface area contributed by atoms with Crippen molar-refractivity contribution in [1.82, 2.24) is 15.7 Å². The minimum Gasteiger partial charge on any atom is -0.507 e. The van der Waals surface area contributed by atoms with Gasteiger partial charge < -0.3 is 15.5 Å². The number of thiazole rings is 1. The van der Waals surface area contributed by atoms with E-state index in [1.165, 1.54) is 23.5 Å². The molecule has 1 aromatic heterocycles. The van der Waals surface area contributed by atoms with Crippen LogP contribution in [0.3, 0.4) is 0 Å². The van der Waals surface area contributed by atoms with Crippen LogP contribution in [0.1, 0.15) is 29.7 Å². The van der Waals surface area contributed by atoms with Crippen LogP contribution in [0.2, 0.25) is 0 Å². The predicted octanol–water partition coefficient (Wildman–Crippen LogP) is 3.26. The fraction of sp³-hybridized carbons (Fsp3) is 0.444. The SMILES string of the molecule is Cl.Cl.Cl.Oc1cc(F)ccc1C(=N[C@H]1CCNC1)c1sc(N2CCCCN2)nc1O. The van der Waals surface area contributed by atoms with Crippen LogP contribution in [0.25, 0.3) is 0 Å². The number of nitrogens with zero attached hydrogens (tertiary/aromatic N) is 3. The number of hydrazine groups is 1. The van der Waals surface area contributed by atoms with E-state index in [0.717, 1.165) is 51.5 Å². The molecule has 2 aliphatic heterocycles. The molecule has 30 heavy (non-hydrogen) atoms. The number of aromatic nitrogens is 1. The summed E-state index contributed by atoms with van der Waals surface area (Å²) in [5, 5.41) is 26.6. The number of hydrogen-bond acceptors (Lipinski definition) is 8. The van der Waals surface area contributed by atoms with E-state index in [-0.39, 0.29) is 54.9 Å². The minimum atomic E-state index is -0.523. The molecule has 12 heteroatoms. The van der Waals surface area contributed by atoms with Crippen molar-refractivity contribution in [3.05, 3.63) is 34.5 Å². The van der Waals surface area contributed by atoms with E-state index in [1.807, 2.05) is 5.01 Å². The zero-order valence-electron chi connectivity index (χ0n) is 16.0. The number of hydrogen-bond donors (Lipinski definition) is 4. The molecule has 4 N–H and O–H groups in total. The van der Waals surface area contributed by atoms with Gasteiger partial charge in [-0.25, -0.2) is 9.82 Å². The Balaban J connectivity index is 0.00000150. The molecule has 0 aliphatic carbocycles. The highest BCUT2D eigenvalue weighted by Crippen LogP contribution is 2.35. The average Bonchev–Trinajstić information content (AvgIpc) is 3.31. The van der Waals surface area contributed by atoms with Gasteiger partial charge >= 0.3 is 0 Å². The molecular formula is C18H25Cl3FN5O2S. The van der Waals surface area contributed by atoms with E-state index in [0.29, 0.717) is 21.3 Å². The van der Waals surface area contributed by atoms with Crippen LogP contribution in [0.4, 0.5) is 9.52 Å². The molecule has 0 saturated carbocycles. The maximum atomic E-state index is 13.5. The highest BCUT2D eigenvalue weighted by Gasteiger charge is 2.25. The van der Waals surface area contributed by atoms with Gasteiger partial charge in [-0.05, 0) is 37.9 Å². The fourth-order valence-electron chi connectivity index (χ4n) is 3.31. The quantitative estimate of drug-likeness (QED) is 0.482. The van der Waals surface area contributed by atoms with Gasteiger partial charge in [0.05, 0.1) is 11.8 Å². The normalized spacial score (nSPS) is 18.9. The summed E-state index contributed by atoms with van der Waals surface area (Å²) in [7, 11) is 0. The van der Waals surface area contributed by atoms with Gasteiger partial charge in [-0.3, -0.25) is 10.0 Å². The topological polar surface area (TPSA) is 93.0 Å². The highest BCUT2D eigenvalue weighted by atomic mass is 35.5. The van der Waals surface area contributed by atoms with E-state index in [9.17, 15) is 14.6 Å². The van der Waals surface area contributed by atoms with Crippen molar-refractivity contribution < 1.29 is 14.6 Å². The van der Waals surface area contributed by atoms with Gasteiger partial charge in [0.1, 0.15) is 16.4 Å². The van der Waals surface area contributed by atoms with Crippen molar-refractivity contribution in [2.24, 2.45) is 4.99 Å². The second-order valence-electron chi connectivity index (χ2n) is 6.70. The molecule has 2 saturated heterocycles. The number of phenols is 1. The lowest BCUT2D eigenvalue weighted by Gasteiger charge is -2.26. The van der Waals surface area contributed by atoms with E-state index >= 15 is 0 Å². The summed E-state index contributed by atoms with van der Waals surface area (Å²) in [6.45, 7) is 3.27. The standard InChI is InChI=1S/C18H22FN5O2S.3ClH/c19-11-3-4-13(14(25)9-11)15(22-12-5-7-20-10-12)16-17(26)23-18(27-16)24-8-2-1-6-21-24;;;/h3-4,9,12,20-21,25-26H,1-2,5-8,10H2;3*1H/t12-;;;/m0.../s1. The Morgan fingerprint density at radius 2 is 2.00 bits per heavy atom. The highest BCUT2D eigenvalue weighted by molar-refractivity contribution is 7.18. The summed E-state index contributed by atoms with van der Waals surface area (Å²) in [6.07, 6.45) is 3.02.